The highest BCUT2D eigenvalue weighted by Crippen LogP contribution is 2.23. The number of hydrogen-bond acceptors (Lipinski definition) is 5. The van der Waals surface area contributed by atoms with E-state index in [2.05, 4.69) is 16.0 Å². The quantitative estimate of drug-likeness (QED) is 0.586. The normalized spacial score (nSPS) is 10.6. The number of rotatable bonds is 6. The molecule has 0 aliphatic rings. The maximum absolute atomic E-state index is 12.7. The first kappa shape index (κ1) is 18.9. The number of carbonyl (C=O) groups is 1. The van der Waals surface area contributed by atoms with Crippen molar-refractivity contribution in [2.24, 2.45) is 0 Å². The molecule has 2 aromatic rings. The average Bonchev–Trinajstić information content (AvgIpc) is 2.57. The van der Waals surface area contributed by atoms with Crippen LogP contribution in [-0.4, -0.2) is 32.6 Å². The van der Waals surface area contributed by atoms with Gasteiger partial charge in [0.05, 0.1) is 11.4 Å². The first-order valence-corrected chi connectivity index (χ1v) is 9.12. The molecule has 0 atom stereocenters. The van der Waals surface area contributed by atoms with Crippen molar-refractivity contribution < 1.29 is 4.79 Å². The lowest BCUT2D eigenvalue weighted by Crippen LogP contribution is -2.37. The van der Waals surface area contributed by atoms with Crippen molar-refractivity contribution in [1.29, 1.82) is 5.26 Å². The maximum atomic E-state index is 12.7. The molecule has 0 N–H and O–H groups in total. The first-order chi connectivity index (χ1) is 11.9. The monoisotopic (exact) mass is 354 g/mol. The van der Waals surface area contributed by atoms with E-state index in [1.54, 1.807) is 13.8 Å². The van der Waals surface area contributed by atoms with Gasteiger partial charge in [-0.3, -0.25) is 4.79 Å². The summed E-state index contributed by atoms with van der Waals surface area (Å²) in [6.45, 7) is 8.16. The molecule has 0 bridgehead atoms. The van der Waals surface area contributed by atoms with E-state index in [0.717, 1.165) is 5.56 Å². The average molecular weight is 354 g/mol. The zero-order valence-corrected chi connectivity index (χ0v) is 15.8. The van der Waals surface area contributed by atoms with Crippen molar-refractivity contribution in [3.63, 3.8) is 0 Å². The number of amides is 1. The largest absolute Gasteiger partial charge is 0.335 e. The van der Waals surface area contributed by atoms with Crippen molar-refractivity contribution >= 4 is 17.7 Å². The van der Waals surface area contributed by atoms with E-state index in [1.807, 2.05) is 49.1 Å². The summed E-state index contributed by atoms with van der Waals surface area (Å²) >= 11 is 1.30. The van der Waals surface area contributed by atoms with Crippen LogP contribution >= 0.6 is 11.8 Å². The molecule has 6 heteroatoms. The van der Waals surface area contributed by atoms with Crippen molar-refractivity contribution in [3.8, 4) is 6.07 Å². The molecule has 1 amide bonds. The standard InChI is InChI=1S/C19H22N4OS/c1-13(2)23(11-16-8-6-5-7-9-16)18(24)12-25-19-17(10-20)14(3)21-15(4)22-19/h5-9,13H,11-12H2,1-4H3. The second-order valence-electron chi connectivity index (χ2n) is 6.04. The molecular weight excluding hydrogens is 332 g/mol. The Kier molecular flexibility index (Phi) is 6.54. The lowest BCUT2D eigenvalue weighted by molar-refractivity contribution is -0.130. The van der Waals surface area contributed by atoms with E-state index in [4.69, 9.17) is 0 Å². The van der Waals surface area contributed by atoms with Crippen LogP contribution in [0, 0.1) is 25.2 Å². The van der Waals surface area contributed by atoms with Gasteiger partial charge in [-0.25, -0.2) is 9.97 Å². The summed E-state index contributed by atoms with van der Waals surface area (Å²) in [6, 6.07) is 12.2. The van der Waals surface area contributed by atoms with Crippen LogP contribution in [0.25, 0.3) is 0 Å². The Morgan fingerprint density at radius 2 is 1.92 bits per heavy atom. The summed E-state index contributed by atoms with van der Waals surface area (Å²) in [7, 11) is 0. The summed E-state index contributed by atoms with van der Waals surface area (Å²) in [6.07, 6.45) is 0. The van der Waals surface area contributed by atoms with E-state index in [1.165, 1.54) is 11.8 Å². The Hall–Kier alpha value is -2.39. The molecule has 1 heterocycles. The number of aryl methyl sites for hydroxylation is 2. The smallest absolute Gasteiger partial charge is 0.233 e. The van der Waals surface area contributed by atoms with Crippen molar-refractivity contribution in [3.05, 3.63) is 53.0 Å². The number of thioether (sulfide) groups is 1. The lowest BCUT2D eigenvalue weighted by atomic mass is 10.2. The molecule has 0 radical (unpaired) electrons. The Morgan fingerprint density at radius 1 is 1.24 bits per heavy atom. The lowest BCUT2D eigenvalue weighted by Gasteiger charge is -2.27. The van der Waals surface area contributed by atoms with E-state index >= 15 is 0 Å². The van der Waals surface area contributed by atoms with Gasteiger partial charge in [-0.15, -0.1) is 0 Å². The van der Waals surface area contributed by atoms with Crippen LogP contribution in [0.15, 0.2) is 35.4 Å². The molecule has 0 aliphatic heterocycles. The van der Waals surface area contributed by atoms with Gasteiger partial charge >= 0.3 is 0 Å². The fraction of sp³-hybridized carbons (Fsp3) is 0.368. The summed E-state index contributed by atoms with van der Waals surface area (Å²) in [5.41, 5.74) is 2.19. The van der Waals surface area contributed by atoms with Crippen molar-refractivity contribution in [1.82, 2.24) is 14.9 Å². The summed E-state index contributed by atoms with van der Waals surface area (Å²) in [4.78, 5) is 23.1. The molecule has 0 saturated heterocycles. The van der Waals surface area contributed by atoms with Gasteiger partial charge in [0.2, 0.25) is 5.91 Å². The number of nitrogens with zero attached hydrogens (tertiary/aromatic N) is 4. The molecule has 25 heavy (non-hydrogen) atoms. The fourth-order valence-corrected chi connectivity index (χ4v) is 3.43. The van der Waals surface area contributed by atoms with Crippen LogP contribution < -0.4 is 0 Å². The number of aromatic nitrogens is 2. The Morgan fingerprint density at radius 3 is 2.52 bits per heavy atom. The minimum Gasteiger partial charge on any atom is -0.335 e. The predicted molar refractivity (Wildman–Crippen MR) is 99.1 cm³/mol. The topological polar surface area (TPSA) is 69.9 Å². The number of nitriles is 1. The molecule has 1 aromatic heterocycles. The number of carbonyl (C=O) groups excluding carboxylic acids is 1. The van der Waals surface area contributed by atoms with Crippen LogP contribution in [0.1, 0.15) is 36.5 Å². The van der Waals surface area contributed by atoms with E-state index < -0.39 is 0 Å². The molecule has 0 aliphatic carbocycles. The van der Waals surface area contributed by atoms with Crippen molar-refractivity contribution in [2.75, 3.05) is 5.75 Å². The molecule has 0 unspecified atom stereocenters. The van der Waals surface area contributed by atoms with Crippen LogP contribution in [0.5, 0.6) is 0 Å². The molecule has 5 nitrogen and oxygen atoms in total. The maximum Gasteiger partial charge on any atom is 0.233 e. The van der Waals surface area contributed by atoms with Gasteiger partial charge in [-0.1, -0.05) is 42.1 Å². The highest BCUT2D eigenvalue weighted by molar-refractivity contribution is 8.00. The molecule has 0 spiro atoms. The Labute approximate surface area is 153 Å². The van der Waals surface area contributed by atoms with Gasteiger partial charge in [0, 0.05) is 12.6 Å². The van der Waals surface area contributed by atoms with Gasteiger partial charge < -0.3 is 4.90 Å². The van der Waals surface area contributed by atoms with Crippen LogP contribution in [0.3, 0.4) is 0 Å². The molecule has 0 fully saturated rings. The van der Waals surface area contributed by atoms with Gasteiger partial charge in [0.1, 0.15) is 22.5 Å². The third-order valence-electron chi connectivity index (χ3n) is 3.75. The zero-order valence-electron chi connectivity index (χ0n) is 15.0. The predicted octanol–water partition coefficient (Wildman–Crippen LogP) is 3.49. The zero-order chi connectivity index (χ0) is 18.4. The highest BCUT2D eigenvalue weighted by atomic mass is 32.2. The summed E-state index contributed by atoms with van der Waals surface area (Å²) in [5.74, 6) is 0.883. The second kappa shape index (κ2) is 8.63. The SMILES string of the molecule is Cc1nc(C)c(C#N)c(SCC(=O)N(Cc2ccccc2)C(C)C)n1. The van der Waals surface area contributed by atoms with Crippen LogP contribution in [-0.2, 0) is 11.3 Å². The highest BCUT2D eigenvalue weighted by Gasteiger charge is 2.19. The van der Waals surface area contributed by atoms with Crippen molar-refractivity contribution in [2.45, 2.75) is 45.3 Å². The molecule has 2 rings (SSSR count). The van der Waals surface area contributed by atoms with E-state index in [0.29, 0.717) is 28.7 Å². The third-order valence-corrected chi connectivity index (χ3v) is 4.71. The molecular formula is C19H22N4OS. The molecule has 0 saturated carbocycles. The minimum absolute atomic E-state index is 0.0293. The van der Waals surface area contributed by atoms with Gasteiger partial charge in [-0.05, 0) is 33.3 Å². The molecule has 1 aromatic carbocycles. The van der Waals surface area contributed by atoms with Gasteiger partial charge in [-0.2, -0.15) is 5.26 Å². The number of benzene rings is 1. The minimum atomic E-state index is 0.0293. The second-order valence-corrected chi connectivity index (χ2v) is 7.00. The number of hydrogen-bond donors (Lipinski definition) is 0. The van der Waals surface area contributed by atoms with Crippen LogP contribution in [0.4, 0.5) is 0 Å². The fourth-order valence-electron chi connectivity index (χ4n) is 2.47. The summed E-state index contributed by atoms with van der Waals surface area (Å²) < 4.78 is 0. The molecule has 130 valence electrons. The van der Waals surface area contributed by atoms with Gasteiger partial charge in [0.15, 0.2) is 0 Å². The van der Waals surface area contributed by atoms with E-state index in [9.17, 15) is 10.1 Å². The van der Waals surface area contributed by atoms with Gasteiger partial charge in [0.25, 0.3) is 0 Å². The third kappa shape index (κ3) is 5.04. The van der Waals surface area contributed by atoms with E-state index in [-0.39, 0.29) is 17.7 Å². The Balaban J connectivity index is 2.11. The Bertz CT molecular complexity index is 784. The summed E-state index contributed by atoms with van der Waals surface area (Å²) in [5, 5.41) is 9.88. The first-order valence-electron chi connectivity index (χ1n) is 8.14. The van der Waals surface area contributed by atoms with Crippen LogP contribution in [0.2, 0.25) is 0 Å².